The van der Waals surface area contributed by atoms with Crippen molar-refractivity contribution < 1.29 is 9.53 Å². The number of carbonyl (C=O) groups excluding carboxylic acids is 1. The molecule has 0 aliphatic carbocycles. The smallest absolute Gasteiger partial charge is 0.227 e. The minimum Gasteiger partial charge on any atom is -0.377 e. The summed E-state index contributed by atoms with van der Waals surface area (Å²) >= 11 is 0. The monoisotopic (exact) mass is 328 g/mol. The van der Waals surface area contributed by atoms with Gasteiger partial charge in [0.25, 0.3) is 0 Å². The number of methoxy groups -OCH3 is 1. The van der Waals surface area contributed by atoms with Gasteiger partial charge in [-0.05, 0) is 31.4 Å². The summed E-state index contributed by atoms with van der Waals surface area (Å²) in [6.07, 6.45) is 7.84. The number of hydrogen-bond donors (Lipinski definition) is 0. The van der Waals surface area contributed by atoms with Crippen LogP contribution >= 0.6 is 0 Å². The summed E-state index contributed by atoms with van der Waals surface area (Å²) in [5.74, 6) is 1.10. The molecule has 1 fully saturated rings. The molecule has 2 aromatic heterocycles. The summed E-state index contributed by atoms with van der Waals surface area (Å²) in [5.41, 5.74) is 2.08. The van der Waals surface area contributed by atoms with Crippen molar-refractivity contribution in [3.8, 4) is 0 Å². The van der Waals surface area contributed by atoms with Gasteiger partial charge in [-0.15, -0.1) is 0 Å². The fourth-order valence-electron chi connectivity index (χ4n) is 3.41. The number of hydrogen-bond acceptors (Lipinski definition) is 4. The number of aryl methyl sites for hydroxylation is 1. The number of pyridine rings is 1. The van der Waals surface area contributed by atoms with Crippen molar-refractivity contribution in [1.29, 1.82) is 0 Å². The van der Waals surface area contributed by atoms with Crippen LogP contribution in [0.15, 0.2) is 30.7 Å². The Morgan fingerprint density at radius 3 is 3.04 bits per heavy atom. The van der Waals surface area contributed by atoms with E-state index in [1.165, 1.54) is 0 Å². The molecule has 1 aliphatic heterocycles. The molecule has 6 nitrogen and oxygen atoms in total. The van der Waals surface area contributed by atoms with Crippen molar-refractivity contribution in [3.63, 3.8) is 0 Å². The number of carbonyl (C=O) groups is 1. The molecule has 3 heterocycles. The van der Waals surface area contributed by atoms with Crippen LogP contribution < -0.4 is 0 Å². The van der Waals surface area contributed by atoms with E-state index in [4.69, 9.17) is 4.74 Å². The lowest BCUT2D eigenvalue weighted by atomic mass is 10.0. The Kier molecular flexibility index (Phi) is 5.25. The molecule has 3 rings (SSSR count). The van der Waals surface area contributed by atoms with E-state index in [1.54, 1.807) is 19.5 Å². The van der Waals surface area contributed by atoms with E-state index >= 15 is 0 Å². The Balaban J connectivity index is 1.70. The fourth-order valence-corrected chi connectivity index (χ4v) is 3.41. The quantitative estimate of drug-likeness (QED) is 0.844. The maximum Gasteiger partial charge on any atom is 0.227 e. The van der Waals surface area contributed by atoms with E-state index in [-0.39, 0.29) is 11.9 Å². The van der Waals surface area contributed by atoms with Crippen LogP contribution in [0.3, 0.4) is 0 Å². The van der Waals surface area contributed by atoms with Crippen LogP contribution in [-0.2, 0) is 22.6 Å². The standard InChI is InChI=1S/C18H24N4O2/c1-14-10-20-17(13-24-2)22(14)16-6-4-8-21(12-16)18(23)9-15-5-3-7-19-11-15/h3,5,7,10-11,16H,4,6,8-9,12-13H2,1-2H3. The van der Waals surface area contributed by atoms with Gasteiger partial charge in [-0.3, -0.25) is 9.78 Å². The predicted octanol–water partition coefficient (Wildman–Crippen LogP) is 2.14. The second-order valence-corrected chi connectivity index (χ2v) is 6.29. The first-order chi connectivity index (χ1) is 11.7. The molecule has 1 amide bonds. The first-order valence-electron chi connectivity index (χ1n) is 8.37. The average Bonchev–Trinajstić information content (AvgIpc) is 2.97. The van der Waals surface area contributed by atoms with Gasteiger partial charge in [0.05, 0.1) is 12.5 Å². The number of imidazole rings is 1. The lowest BCUT2D eigenvalue weighted by molar-refractivity contribution is -0.132. The zero-order valence-corrected chi connectivity index (χ0v) is 14.3. The molecule has 1 atom stereocenters. The van der Waals surface area contributed by atoms with Gasteiger partial charge in [-0.25, -0.2) is 4.98 Å². The molecule has 0 N–H and O–H groups in total. The van der Waals surface area contributed by atoms with E-state index in [2.05, 4.69) is 21.5 Å². The van der Waals surface area contributed by atoms with E-state index in [0.29, 0.717) is 13.0 Å². The Morgan fingerprint density at radius 1 is 1.42 bits per heavy atom. The van der Waals surface area contributed by atoms with E-state index in [0.717, 1.165) is 43.0 Å². The second-order valence-electron chi connectivity index (χ2n) is 6.29. The maximum absolute atomic E-state index is 12.6. The Hall–Kier alpha value is -2.21. The van der Waals surface area contributed by atoms with Crippen LogP contribution in [-0.4, -0.2) is 45.5 Å². The first-order valence-corrected chi connectivity index (χ1v) is 8.37. The molecule has 0 spiro atoms. The number of ether oxygens (including phenoxy) is 1. The fraction of sp³-hybridized carbons (Fsp3) is 0.500. The first kappa shape index (κ1) is 16.6. The van der Waals surface area contributed by atoms with Crippen molar-refractivity contribution >= 4 is 5.91 Å². The lowest BCUT2D eigenvalue weighted by Crippen LogP contribution is -2.42. The molecular weight excluding hydrogens is 304 g/mol. The van der Waals surface area contributed by atoms with Gasteiger partial charge < -0.3 is 14.2 Å². The molecule has 0 radical (unpaired) electrons. The highest BCUT2D eigenvalue weighted by molar-refractivity contribution is 5.78. The van der Waals surface area contributed by atoms with Gasteiger partial charge in [-0.1, -0.05) is 6.07 Å². The van der Waals surface area contributed by atoms with Crippen molar-refractivity contribution in [2.24, 2.45) is 0 Å². The Labute approximate surface area is 142 Å². The summed E-state index contributed by atoms with van der Waals surface area (Å²) in [6, 6.07) is 4.08. The van der Waals surface area contributed by atoms with Gasteiger partial charge >= 0.3 is 0 Å². The molecule has 24 heavy (non-hydrogen) atoms. The van der Waals surface area contributed by atoms with Gasteiger partial charge in [0.1, 0.15) is 12.4 Å². The van der Waals surface area contributed by atoms with Crippen LogP contribution in [0.1, 0.15) is 36.0 Å². The average molecular weight is 328 g/mol. The minimum absolute atomic E-state index is 0.166. The molecule has 0 aromatic carbocycles. The lowest BCUT2D eigenvalue weighted by Gasteiger charge is -2.35. The molecule has 0 bridgehead atoms. The van der Waals surface area contributed by atoms with E-state index < -0.39 is 0 Å². The highest BCUT2D eigenvalue weighted by atomic mass is 16.5. The number of rotatable bonds is 5. The van der Waals surface area contributed by atoms with Crippen LogP contribution in [0.2, 0.25) is 0 Å². The molecule has 2 aromatic rings. The van der Waals surface area contributed by atoms with Crippen molar-refractivity contribution in [2.45, 2.75) is 38.8 Å². The summed E-state index contributed by atoms with van der Waals surface area (Å²) in [7, 11) is 1.68. The zero-order valence-electron chi connectivity index (χ0n) is 14.3. The summed E-state index contributed by atoms with van der Waals surface area (Å²) < 4.78 is 7.48. The van der Waals surface area contributed by atoms with Crippen LogP contribution in [0.5, 0.6) is 0 Å². The van der Waals surface area contributed by atoms with Crippen LogP contribution in [0.25, 0.3) is 0 Å². The minimum atomic E-state index is 0.166. The third kappa shape index (κ3) is 3.64. The van der Waals surface area contributed by atoms with Gasteiger partial charge in [0.2, 0.25) is 5.91 Å². The summed E-state index contributed by atoms with van der Waals surface area (Å²) in [4.78, 5) is 23.1. The highest BCUT2D eigenvalue weighted by Gasteiger charge is 2.27. The largest absolute Gasteiger partial charge is 0.377 e. The molecule has 0 saturated carbocycles. The Bertz CT molecular complexity index is 684. The van der Waals surface area contributed by atoms with Gasteiger partial charge in [0, 0.05) is 44.5 Å². The molecule has 1 unspecified atom stereocenters. The molecule has 6 heteroatoms. The van der Waals surface area contributed by atoms with Gasteiger partial charge in [-0.2, -0.15) is 0 Å². The number of amides is 1. The third-order valence-corrected chi connectivity index (χ3v) is 4.52. The summed E-state index contributed by atoms with van der Waals surface area (Å²) in [6.45, 7) is 4.10. The molecular formula is C18H24N4O2. The zero-order chi connectivity index (χ0) is 16.9. The normalized spacial score (nSPS) is 17.9. The Morgan fingerprint density at radius 2 is 2.29 bits per heavy atom. The molecule has 1 aliphatic rings. The second kappa shape index (κ2) is 7.57. The maximum atomic E-state index is 12.6. The molecule has 1 saturated heterocycles. The van der Waals surface area contributed by atoms with Crippen molar-refractivity contribution in [3.05, 3.63) is 47.8 Å². The van der Waals surface area contributed by atoms with Crippen LogP contribution in [0, 0.1) is 6.92 Å². The number of aromatic nitrogens is 3. The van der Waals surface area contributed by atoms with Gasteiger partial charge in [0.15, 0.2) is 0 Å². The van der Waals surface area contributed by atoms with E-state index in [1.807, 2.05) is 23.2 Å². The third-order valence-electron chi connectivity index (χ3n) is 4.52. The summed E-state index contributed by atoms with van der Waals surface area (Å²) in [5, 5.41) is 0. The van der Waals surface area contributed by atoms with Crippen LogP contribution in [0.4, 0.5) is 0 Å². The van der Waals surface area contributed by atoms with E-state index in [9.17, 15) is 4.79 Å². The molecule has 128 valence electrons. The number of piperidine rings is 1. The topological polar surface area (TPSA) is 60.2 Å². The SMILES string of the molecule is COCc1ncc(C)n1C1CCCN(C(=O)Cc2cccnc2)C1. The van der Waals surface area contributed by atoms with Crippen molar-refractivity contribution in [2.75, 3.05) is 20.2 Å². The number of nitrogens with zero attached hydrogens (tertiary/aromatic N) is 4. The predicted molar refractivity (Wildman–Crippen MR) is 90.5 cm³/mol. The van der Waals surface area contributed by atoms with Crippen molar-refractivity contribution in [1.82, 2.24) is 19.4 Å². The highest BCUT2D eigenvalue weighted by Crippen LogP contribution is 2.25. The number of likely N-dealkylation sites (tertiary alicyclic amines) is 1.